The van der Waals surface area contributed by atoms with Crippen LogP contribution in [0.2, 0.25) is 0 Å². The fraction of sp³-hybridized carbons (Fsp3) is 0.467. The van der Waals surface area contributed by atoms with Gasteiger partial charge >= 0.3 is 0 Å². The van der Waals surface area contributed by atoms with E-state index < -0.39 is 11.6 Å². The smallest absolute Gasteiger partial charge is 0.136 e. The summed E-state index contributed by atoms with van der Waals surface area (Å²) < 4.78 is 27.5. The molecule has 0 fully saturated rings. The highest BCUT2D eigenvalue weighted by Gasteiger charge is 2.12. The Morgan fingerprint density at radius 2 is 2.00 bits per heavy atom. The van der Waals surface area contributed by atoms with E-state index in [2.05, 4.69) is 12.2 Å². The molecule has 1 rings (SSSR count). The quantitative estimate of drug-likeness (QED) is 0.754. The molecule has 0 radical (unpaired) electrons. The molecule has 0 unspecified atom stereocenters. The molecule has 0 aliphatic heterocycles. The number of benzene rings is 1. The average molecular weight is 253 g/mol. The first-order chi connectivity index (χ1) is 8.57. The predicted octanol–water partition coefficient (Wildman–Crippen LogP) is 4.07. The first kappa shape index (κ1) is 14.8. The van der Waals surface area contributed by atoms with Gasteiger partial charge in [0.25, 0.3) is 0 Å². The van der Waals surface area contributed by atoms with E-state index in [0.29, 0.717) is 11.1 Å². The van der Waals surface area contributed by atoms with Crippen LogP contribution >= 0.6 is 0 Å². The summed E-state index contributed by atoms with van der Waals surface area (Å²) in [5, 5.41) is 3.25. The molecule has 1 aromatic rings. The standard InChI is InChI=1S/C15H21F2N/c1-4-9-18-10-5-6-11(2)14-13(16)8-7-12(3)15(14)17/h6-8,18H,4-5,9-10H2,1-3H3/b11-6-. The topological polar surface area (TPSA) is 12.0 Å². The molecule has 100 valence electrons. The Morgan fingerprint density at radius 3 is 2.67 bits per heavy atom. The number of allylic oxidation sites excluding steroid dienone is 1. The Bertz CT molecular complexity index is 425. The molecule has 0 spiro atoms. The third kappa shape index (κ3) is 3.91. The molecule has 0 aliphatic carbocycles. The summed E-state index contributed by atoms with van der Waals surface area (Å²) in [5.41, 5.74) is 1.24. The van der Waals surface area contributed by atoms with Crippen molar-refractivity contribution in [2.75, 3.05) is 13.1 Å². The van der Waals surface area contributed by atoms with Crippen LogP contribution in [-0.2, 0) is 0 Å². The van der Waals surface area contributed by atoms with Crippen LogP contribution in [0.4, 0.5) is 8.78 Å². The first-order valence-corrected chi connectivity index (χ1v) is 6.40. The SMILES string of the molecule is CCCNCC/C=C(/C)c1c(F)ccc(C)c1F. The van der Waals surface area contributed by atoms with Gasteiger partial charge in [0.05, 0.1) is 0 Å². The molecule has 18 heavy (non-hydrogen) atoms. The Morgan fingerprint density at radius 1 is 1.28 bits per heavy atom. The van der Waals surface area contributed by atoms with Crippen molar-refractivity contribution >= 4 is 5.57 Å². The van der Waals surface area contributed by atoms with Crippen LogP contribution in [0.3, 0.4) is 0 Å². The summed E-state index contributed by atoms with van der Waals surface area (Å²) in [5.74, 6) is -0.946. The maximum Gasteiger partial charge on any atom is 0.136 e. The highest BCUT2D eigenvalue weighted by Crippen LogP contribution is 2.24. The van der Waals surface area contributed by atoms with Gasteiger partial charge in [-0.05, 0) is 57.0 Å². The van der Waals surface area contributed by atoms with Crippen molar-refractivity contribution in [3.63, 3.8) is 0 Å². The zero-order chi connectivity index (χ0) is 13.5. The molecule has 0 atom stereocenters. The van der Waals surface area contributed by atoms with E-state index in [9.17, 15) is 8.78 Å². The van der Waals surface area contributed by atoms with Gasteiger partial charge in [0.15, 0.2) is 0 Å². The van der Waals surface area contributed by atoms with Gasteiger partial charge in [-0.25, -0.2) is 8.78 Å². The zero-order valence-corrected chi connectivity index (χ0v) is 11.3. The minimum Gasteiger partial charge on any atom is -0.316 e. The minimum absolute atomic E-state index is 0.102. The molecule has 1 nitrogen and oxygen atoms in total. The van der Waals surface area contributed by atoms with Gasteiger partial charge in [0.2, 0.25) is 0 Å². The van der Waals surface area contributed by atoms with Crippen molar-refractivity contribution in [2.24, 2.45) is 0 Å². The molecule has 0 bridgehead atoms. The normalized spacial score (nSPS) is 11.9. The number of nitrogens with one attached hydrogen (secondary N) is 1. The number of halogens is 2. The molecule has 0 heterocycles. The van der Waals surface area contributed by atoms with Crippen molar-refractivity contribution < 1.29 is 8.78 Å². The van der Waals surface area contributed by atoms with Crippen LogP contribution in [0.15, 0.2) is 18.2 Å². The lowest BCUT2D eigenvalue weighted by atomic mass is 10.0. The largest absolute Gasteiger partial charge is 0.316 e. The third-order valence-electron chi connectivity index (χ3n) is 2.88. The molecule has 0 aliphatic rings. The Hall–Kier alpha value is -1.22. The first-order valence-electron chi connectivity index (χ1n) is 6.40. The van der Waals surface area contributed by atoms with Crippen LogP contribution in [0.5, 0.6) is 0 Å². The molecular formula is C15H21F2N. The number of hydrogen-bond acceptors (Lipinski definition) is 1. The van der Waals surface area contributed by atoms with Crippen LogP contribution < -0.4 is 5.32 Å². The van der Waals surface area contributed by atoms with Crippen molar-refractivity contribution in [1.82, 2.24) is 5.32 Å². The molecule has 0 amide bonds. The lowest BCUT2D eigenvalue weighted by Gasteiger charge is -2.08. The van der Waals surface area contributed by atoms with E-state index in [1.807, 2.05) is 6.08 Å². The van der Waals surface area contributed by atoms with Crippen LogP contribution in [0.25, 0.3) is 5.57 Å². The third-order valence-corrected chi connectivity index (χ3v) is 2.88. The van der Waals surface area contributed by atoms with E-state index in [-0.39, 0.29) is 5.56 Å². The lowest BCUT2D eigenvalue weighted by molar-refractivity contribution is 0.571. The Kier molecular flexibility index (Phi) is 5.99. The average Bonchev–Trinajstić information content (AvgIpc) is 2.34. The Balaban J connectivity index is 2.74. The second-order valence-corrected chi connectivity index (χ2v) is 4.48. The van der Waals surface area contributed by atoms with Crippen molar-refractivity contribution in [3.8, 4) is 0 Å². The fourth-order valence-electron chi connectivity index (χ4n) is 1.81. The van der Waals surface area contributed by atoms with Crippen LogP contribution in [-0.4, -0.2) is 13.1 Å². The van der Waals surface area contributed by atoms with Crippen molar-refractivity contribution in [1.29, 1.82) is 0 Å². The number of rotatable bonds is 6. The van der Waals surface area contributed by atoms with Gasteiger partial charge in [0, 0.05) is 5.56 Å². The maximum absolute atomic E-state index is 13.8. The summed E-state index contributed by atoms with van der Waals surface area (Å²) >= 11 is 0. The van der Waals surface area contributed by atoms with Gasteiger partial charge in [-0.3, -0.25) is 0 Å². The fourth-order valence-corrected chi connectivity index (χ4v) is 1.81. The van der Waals surface area contributed by atoms with Gasteiger partial charge in [-0.2, -0.15) is 0 Å². The predicted molar refractivity (Wildman–Crippen MR) is 72.5 cm³/mol. The second-order valence-electron chi connectivity index (χ2n) is 4.48. The van der Waals surface area contributed by atoms with E-state index >= 15 is 0 Å². The molecule has 1 N–H and O–H groups in total. The number of hydrogen-bond donors (Lipinski definition) is 1. The van der Waals surface area contributed by atoms with Gasteiger partial charge in [-0.15, -0.1) is 0 Å². The van der Waals surface area contributed by atoms with E-state index in [4.69, 9.17) is 0 Å². The Labute approximate surface area is 108 Å². The van der Waals surface area contributed by atoms with Crippen LogP contribution in [0, 0.1) is 18.6 Å². The molecule has 0 aromatic heterocycles. The molecule has 0 saturated carbocycles. The molecule has 1 aromatic carbocycles. The minimum atomic E-state index is -0.492. The summed E-state index contributed by atoms with van der Waals surface area (Å²) in [6, 6.07) is 2.78. The highest BCUT2D eigenvalue weighted by atomic mass is 19.1. The van der Waals surface area contributed by atoms with Crippen LogP contribution in [0.1, 0.15) is 37.8 Å². The van der Waals surface area contributed by atoms with Gasteiger partial charge < -0.3 is 5.32 Å². The monoisotopic (exact) mass is 253 g/mol. The molecule has 3 heteroatoms. The van der Waals surface area contributed by atoms with Gasteiger partial charge in [-0.1, -0.05) is 19.1 Å². The molecular weight excluding hydrogens is 232 g/mol. The number of aryl methyl sites for hydroxylation is 1. The van der Waals surface area contributed by atoms with E-state index in [0.717, 1.165) is 25.9 Å². The summed E-state index contributed by atoms with van der Waals surface area (Å²) in [4.78, 5) is 0. The van der Waals surface area contributed by atoms with Gasteiger partial charge in [0.1, 0.15) is 11.6 Å². The van der Waals surface area contributed by atoms with Crippen molar-refractivity contribution in [3.05, 3.63) is 41.0 Å². The summed E-state index contributed by atoms with van der Waals surface area (Å²) in [6.45, 7) is 7.31. The van der Waals surface area contributed by atoms with E-state index in [1.165, 1.54) is 12.1 Å². The van der Waals surface area contributed by atoms with Crippen molar-refractivity contribution in [2.45, 2.75) is 33.6 Å². The highest BCUT2D eigenvalue weighted by molar-refractivity contribution is 5.65. The second kappa shape index (κ2) is 7.27. The zero-order valence-electron chi connectivity index (χ0n) is 11.3. The summed E-state index contributed by atoms with van der Waals surface area (Å²) in [7, 11) is 0. The van der Waals surface area contributed by atoms with E-state index in [1.54, 1.807) is 13.8 Å². The molecule has 0 saturated heterocycles. The summed E-state index contributed by atoms with van der Waals surface area (Å²) in [6.07, 6.45) is 3.74. The lowest BCUT2D eigenvalue weighted by Crippen LogP contribution is -2.15. The maximum atomic E-state index is 13.8.